The van der Waals surface area contributed by atoms with Crippen LogP contribution in [0, 0.1) is 25.7 Å². The normalized spacial score (nSPS) is 28.9. The SMILES string of the molecule is C=CCN(C(=O)[C@H]1N([C@@H](CO)Cc2ccccc2)C(=O)[C@@H]2[C@@H](C(=O)OCC)[C@@H]3O[C@@]21CC3Br)c1c(C)cccc1C. The molecule has 2 aromatic carbocycles. The third-order valence-electron chi connectivity index (χ3n) is 8.73. The molecule has 2 bridgehead atoms. The number of halogens is 1. The van der Waals surface area contributed by atoms with Crippen LogP contribution >= 0.6 is 15.9 Å². The average Bonchev–Trinajstić information content (AvgIpc) is 3.55. The van der Waals surface area contributed by atoms with E-state index >= 15 is 0 Å². The van der Waals surface area contributed by atoms with Crippen molar-refractivity contribution in [2.45, 2.75) is 62.2 Å². The summed E-state index contributed by atoms with van der Waals surface area (Å²) in [6.07, 6.45) is 1.77. The van der Waals surface area contributed by atoms with Gasteiger partial charge < -0.3 is 24.4 Å². The largest absolute Gasteiger partial charge is 0.466 e. The lowest BCUT2D eigenvalue weighted by Gasteiger charge is -2.40. The van der Waals surface area contributed by atoms with E-state index in [1.165, 1.54) is 4.90 Å². The van der Waals surface area contributed by atoms with Gasteiger partial charge in [-0.25, -0.2) is 0 Å². The number of para-hydroxylation sites is 1. The first-order chi connectivity index (χ1) is 19.7. The molecule has 0 aromatic heterocycles. The molecule has 5 rings (SSSR count). The van der Waals surface area contributed by atoms with E-state index in [0.29, 0.717) is 12.8 Å². The number of aliphatic hydroxyl groups is 1. The molecular formula is C32H37BrN2O6. The Morgan fingerprint density at radius 3 is 2.51 bits per heavy atom. The van der Waals surface area contributed by atoms with E-state index in [1.807, 2.05) is 62.4 Å². The second-order valence-electron chi connectivity index (χ2n) is 11.2. The molecule has 7 atom stereocenters. The first-order valence-corrected chi connectivity index (χ1v) is 15.1. The summed E-state index contributed by atoms with van der Waals surface area (Å²) < 4.78 is 12.0. The molecular weight excluding hydrogens is 588 g/mol. The maximum Gasteiger partial charge on any atom is 0.312 e. The Kier molecular flexibility index (Phi) is 8.41. The summed E-state index contributed by atoms with van der Waals surface area (Å²) in [7, 11) is 0. The molecule has 3 fully saturated rings. The quantitative estimate of drug-likeness (QED) is 0.246. The van der Waals surface area contributed by atoms with Crippen LogP contribution in [0.3, 0.4) is 0 Å². The van der Waals surface area contributed by atoms with Crippen LogP contribution in [0.15, 0.2) is 61.2 Å². The molecule has 3 saturated heterocycles. The number of aliphatic hydroxyl groups excluding tert-OH is 1. The van der Waals surface area contributed by atoms with Crippen molar-refractivity contribution >= 4 is 39.4 Å². The predicted molar refractivity (Wildman–Crippen MR) is 159 cm³/mol. The molecule has 0 saturated carbocycles. The number of ether oxygens (including phenoxy) is 2. The molecule has 0 aliphatic carbocycles. The number of esters is 1. The van der Waals surface area contributed by atoms with Gasteiger partial charge in [-0.2, -0.15) is 0 Å². The number of carbonyl (C=O) groups excluding carboxylic acids is 3. The van der Waals surface area contributed by atoms with Crippen molar-refractivity contribution in [3.63, 3.8) is 0 Å². The van der Waals surface area contributed by atoms with Crippen LogP contribution in [0.1, 0.15) is 30.0 Å². The minimum absolute atomic E-state index is 0.169. The molecule has 1 N–H and O–H groups in total. The summed E-state index contributed by atoms with van der Waals surface area (Å²) in [5.41, 5.74) is 2.23. The van der Waals surface area contributed by atoms with Gasteiger partial charge in [-0.15, -0.1) is 6.58 Å². The van der Waals surface area contributed by atoms with Gasteiger partial charge >= 0.3 is 5.97 Å². The summed E-state index contributed by atoms with van der Waals surface area (Å²) in [5.74, 6) is -2.95. The van der Waals surface area contributed by atoms with Crippen molar-refractivity contribution in [3.05, 3.63) is 77.9 Å². The Bertz CT molecular complexity index is 1310. The van der Waals surface area contributed by atoms with Crippen LogP contribution in [-0.4, -0.2) is 76.2 Å². The fourth-order valence-corrected chi connectivity index (χ4v) is 8.13. The Balaban J connectivity index is 1.65. The van der Waals surface area contributed by atoms with Crippen LogP contribution in [-0.2, 0) is 30.3 Å². The zero-order valence-corrected chi connectivity index (χ0v) is 25.2. The number of hydrogen-bond donors (Lipinski definition) is 1. The van der Waals surface area contributed by atoms with Crippen LogP contribution in [0.4, 0.5) is 5.69 Å². The second kappa shape index (κ2) is 11.7. The highest BCUT2D eigenvalue weighted by atomic mass is 79.9. The van der Waals surface area contributed by atoms with E-state index in [9.17, 15) is 19.5 Å². The number of rotatable bonds is 10. The molecule has 8 nitrogen and oxygen atoms in total. The molecule has 9 heteroatoms. The number of carbonyl (C=O) groups is 3. The monoisotopic (exact) mass is 624 g/mol. The maximum absolute atomic E-state index is 14.9. The van der Waals surface area contributed by atoms with Crippen LogP contribution in [0.25, 0.3) is 0 Å². The fraction of sp³-hybridized carbons (Fsp3) is 0.469. The van der Waals surface area contributed by atoms with E-state index in [2.05, 4.69) is 22.5 Å². The Morgan fingerprint density at radius 1 is 1.22 bits per heavy atom. The highest BCUT2D eigenvalue weighted by Crippen LogP contribution is 2.61. The lowest BCUT2D eigenvalue weighted by Crippen LogP contribution is -2.59. The standard InChI is InChI=1S/C32H37BrN2O6/c1-5-15-34(26-19(3)11-10-12-20(26)4)30(38)28-32-17-23(33)27(41-32)24(31(39)40-6-2)25(32)29(37)35(28)22(18-36)16-21-13-8-7-9-14-21/h5,7-14,22-25,27-28,36H,1,6,15-18H2,2-4H3/t22-,23?,24-,25+,27-,28-,32+/m1/s1. The third kappa shape index (κ3) is 4.81. The topological polar surface area (TPSA) is 96.4 Å². The molecule has 2 amide bonds. The second-order valence-corrected chi connectivity index (χ2v) is 12.3. The number of fused-ring (bicyclic) bond motifs is 1. The smallest absolute Gasteiger partial charge is 0.312 e. The molecule has 41 heavy (non-hydrogen) atoms. The van der Waals surface area contributed by atoms with Crippen LogP contribution in [0.5, 0.6) is 0 Å². The Labute approximate surface area is 249 Å². The van der Waals surface area contributed by atoms with E-state index in [-0.39, 0.29) is 36.4 Å². The number of anilines is 1. The zero-order chi connectivity index (χ0) is 29.5. The van der Waals surface area contributed by atoms with Gasteiger partial charge in [0.15, 0.2) is 0 Å². The summed E-state index contributed by atoms with van der Waals surface area (Å²) >= 11 is 3.69. The van der Waals surface area contributed by atoms with Crippen LogP contribution < -0.4 is 4.90 Å². The Morgan fingerprint density at radius 2 is 1.90 bits per heavy atom. The first-order valence-electron chi connectivity index (χ1n) is 14.1. The number of benzene rings is 2. The predicted octanol–water partition coefficient (Wildman–Crippen LogP) is 3.74. The molecule has 218 valence electrons. The van der Waals surface area contributed by atoms with Crippen LogP contribution in [0.2, 0.25) is 0 Å². The molecule has 1 unspecified atom stereocenters. The number of aryl methyl sites for hydroxylation is 2. The molecule has 2 aromatic rings. The maximum atomic E-state index is 14.9. The summed E-state index contributed by atoms with van der Waals surface area (Å²) in [6, 6.07) is 13.6. The number of hydrogen-bond acceptors (Lipinski definition) is 6. The Hall–Kier alpha value is -3.01. The number of nitrogens with zero attached hydrogens (tertiary/aromatic N) is 2. The zero-order valence-electron chi connectivity index (χ0n) is 23.7. The highest BCUT2D eigenvalue weighted by Gasteiger charge is 2.77. The van der Waals surface area contributed by atoms with Crippen molar-refractivity contribution in [1.82, 2.24) is 4.90 Å². The van der Waals surface area contributed by atoms with Gasteiger partial charge in [0, 0.05) is 17.1 Å². The molecule has 0 radical (unpaired) electrons. The summed E-state index contributed by atoms with van der Waals surface area (Å²) in [6.45, 7) is 9.54. The lowest BCUT2D eigenvalue weighted by molar-refractivity contribution is -0.155. The summed E-state index contributed by atoms with van der Waals surface area (Å²) in [5, 5.41) is 10.7. The van der Waals surface area contributed by atoms with Crippen molar-refractivity contribution in [1.29, 1.82) is 0 Å². The number of alkyl halides is 1. The summed E-state index contributed by atoms with van der Waals surface area (Å²) in [4.78, 5) is 45.6. The van der Waals surface area contributed by atoms with Crippen molar-refractivity contribution in [3.8, 4) is 0 Å². The van der Waals surface area contributed by atoms with Gasteiger partial charge in [0.1, 0.15) is 11.6 Å². The third-order valence-corrected chi connectivity index (χ3v) is 9.57. The fourth-order valence-electron chi connectivity index (χ4n) is 7.18. The minimum Gasteiger partial charge on any atom is -0.466 e. The van der Waals surface area contributed by atoms with E-state index in [1.54, 1.807) is 17.9 Å². The van der Waals surface area contributed by atoms with Crippen molar-refractivity contribution < 1.29 is 29.0 Å². The number of amides is 2. The van der Waals surface area contributed by atoms with E-state index in [4.69, 9.17) is 9.47 Å². The van der Waals surface area contributed by atoms with Gasteiger partial charge in [0.25, 0.3) is 5.91 Å². The van der Waals surface area contributed by atoms with Crippen molar-refractivity contribution in [2.75, 3.05) is 24.7 Å². The molecule has 3 heterocycles. The van der Waals surface area contributed by atoms with Crippen molar-refractivity contribution in [2.24, 2.45) is 11.8 Å². The minimum atomic E-state index is -1.26. The lowest BCUT2D eigenvalue weighted by atomic mass is 9.70. The molecule has 3 aliphatic rings. The highest BCUT2D eigenvalue weighted by molar-refractivity contribution is 9.09. The van der Waals surface area contributed by atoms with Gasteiger partial charge in [-0.05, 0) is 50.3 Å². The van der Waals surface area contributed by atoms with Gasteiger partial charge in [0.05, 0.1) is 37.2 Å². The van der Waals surface area contributed by atoms with E-state index < -0.39 is 41.6 Å². The molecule has 3 aliphatic heterocycles. The van der Waals surface area contributed by atoms with Gasteiger partial charge in [0.2, 0.25) is 5.91 Å². The number of likely N-dealkylation sites (tertiary alicyclic amines) is 1. The molecule has 1 spiro atoms. The van der Waals surface area contributed by atoms with Gasteiger partial charge in [-0.3, -0.25) is 14.4 Å². The average molecular weight is 626 g/mol. The van der Waals surface area contributed by atoms with Gasteiger partial charge in [-0.1, -0.05) is 70.5 Å². The van der Waals surface area contributed by atoms with E-state index in [0.717, 1.165) is 22.4 Å². The first kappa shape index (κ1) is 29.5.